The van der Waals surface area contributed by atoms with E-state index in [4.69, 9.17) is 4.74 Å². The first kappa shape index (κ1) is 16.3. The topological polar surface area (TPSA) is 71.5 Å². The molecule has 0 saturated carbocycles. The van der Waals surface area contributed by atoms with Gasteiger partial charge in [0.1, 0.15) is 11.4 Å². The van der Waals surface area contributed by atoms with Crippen molar-refractivity contribution in [3.05, 3.63) is 23.9 Å². The van der Waals surface area contributed by atoms with Crippen LogP contribution in [0.4, 0.5) is 5.82 Å². The maximum atomic E-state index is 12.2. The van der Waals surface area contributed by atoms with Gasteiger partial charge in [-0.15, -0.1) is 0 Å². The molecule has 1 N–H and O–H groups in total. The lowest BCUT2D eigenvalue weighted by Crippen LogP contribution is -2.42. The molecule has 1 aromatic rings. The summed E-state index contributed by atoms with van der Waals surface area (Å²) >= 11 is 0. The van der Waals surface area contributed by atoms with E-state index in [1.54, 1.807) is 18.3 Å². The van der Waals surface area contributed by atoms with Crippen LogP contribution in [0.25, 0.3) is 0 Å². The summed E-state index contributed by atoms with van der Waals surface area (Å²) in [6.45, 7) is 7.12. The summed E-state index contributed by atoms with van der Waals surface area (Å²) < 4.78 is 5.12. The minimum Gasteiger partial charge on any atom is -0.452 e. The predicted octanol–water partition coefficient (Wildman–Crippen LogP) is 1.75. The van der Waals surface area contributed by atoms with Gasteiger partial charge >= 0.3 is 5.97 Å². The average Bonchev–Trinajstić information content (AvgIpc) is 2.97. The number of nitrogens with one attached hydrogen (secondary N) is 1. The number of anilines is 1. The van der Waals surface area contributed by atoms with E-state index >= 15 is 0 Å². The van der Waals surface area contributed by atoms with Crippen LogP contribution < -0.4 is 10.2 Å². The fourth-order valence-electron chi connectivity index (χ4n) is 2.40. The maximum absolute atomic E-state index is 12.2. The van der Waals surface area contributed by atoms with Crippen LogP contribution in [0.15, 0.2) is 18.3 Å². The van der Waals surface area contributed by atoms with Gasteiger partial charge in [0.2, 0.25) is 0 Å². The van der Waals surface area contributed by atoms with Gasteiger partial charge in [-0.05, 0) is 45.7 Å². The van der Waals surface area contributed by atoms with Crippen LogP contribution in [0.1, 0.15) is 44.0 Å². The van der Waals surface area contributed by atoms with Gasteiger partial charge in [0, 0.05) is 24.8 Å². The second-order valence-corrected chi connectivity index (χ2v) is 6.44. The third-order valence-corrected chi connectivity index (χ3v) is 3.26. The number of aromatic nitrogens is 1. The molecule has 120 valence electrons. The zero-order valence-electron chi connectivity index (χ0n) is 13.4. The Hall–Kier alpha value is -2.11. The molecule has 1 amide bonds. The van der Waals surface area contributed by atoms with E-state index in [-0.39, 0.29) is 18.1 Å². The standard InChI is InChI=1S/C16H23N3O3/c1-16(2,3)18-13(20)11-22-15(21)12-7-6-8-17-14(12)19-9-4-5-10-19/h6-8H,4-5,9-11H2,1-3H3,(H,18,20). The number of pyridine rings is 1. The number of hydrogen-bond acceptors (Lipinski definition) is 5. The first-order valence-corrected chi connectivity index (χ1v) is 7.55. The Kier molecular flexibility index (Phi) is 5.00. The molecule has 0 aromatic carbocycles. The van der Waals surface area contributed by atoms with Crippen LogP contribution in [0.3, 0.4) is 0 Å². The summed E-state index contributed by atoms with van der Waals surface area (Å²) in [5, 5.41) is 2.75. The lowest BCUT2D eigenvalue weighted by molar-refractivity contribution is -0.125. The molecule has 0 bridgehead atoms. The van der Waals surface area contributed by atoms with Crippen LogP contribution in [0.5, 0.6) is 0 Å². The van der Waals surface area contributed by atoms with Gasteiger partial charge in [0.05, 0.1) is 0 Å². The lowest BCUT2D eigenvalue weighted by atomic mass is 10.1. The summed E-state index contributed by atoms with van der Waals surface area (Å²) in [5.74, 6) is -0.187. The van der Waals surface area contributed by atoms with E-state index in [0.29, 0.717) is 11.4 Å². The summed E-state index contributed by atoms with van der Waals surface area (Å²) in [6, 6.07) is 3.38. The van der Waals surface area contributed by atoms with Crippen LogP contribution >= 0.6 is 0 Å². The predicted molar refractivity (Wildman–Crippen MR) is 83.9 cm³/mol. The number of esters is 1. The van der Waals surface area contributed by atoms with Crippen molar-refractivity contribution in [3.8, 4) is 0 Å². The van der Waals surface area contributed by atoms with Crippen LogP contribution in [0.2, 0.25) is 0 Å². The van der Waals surface area contributed by atoms with Gasteiger partial charge in [-0.3, -0.25) is 4.79 Å². The fourth-order valence-corrected chi connectivity index (χ4v) is 2.40. The molecule has 0 spiro atoms. The number of nitrogens with zero attached hydrogens (tertiary/aromatic N) is 2. The second-order valence-electron chi connectivity index (χ2n) is 6.44. The highest BCUT2D eigenvalue weighted by atomic mass is 16.5. The Labute approximate surface area is 130 Å². The van der Waals surface area contributed by atoms with Gasteiger partial charge in [-0.25, -0.2) is 9.78 Å². The molecule has 1 saturated heterocycles. The number of rotatable bonds is 4. The SMILES string of the molecule is CC(C)(C)NC(=O)COC(=O)c1cccnc1N1CCCC1. The number of carbonyl (C=O) groups is 2. The monoisotopic (exact) mass is 305 g/mol. The highest BCUT2D eigenvalue weighted by Gasteiger charge is 2.22. The van der Waals surface area contributed by atoms with Crippen molar-refractivity contribution in [2.75, 3.05) is 24.6 Å². The Bertz CT molecular complexity index is 546. The molecule has 1 aromatic heterocycles. The Morgan fingerprint density at radius 3 is 2.64 bits per heavy atom. The quantitative estimate of drug-likeness (QED) is 0.858. The van der Waals surface area contributed by atoms with Gasteiger partial charge in [0.25, 0.3) is 5.91 Å². The molecule has 1 aliphatic heterocycles. The molecule has 1 fully saturated rings. The number of carbonyl (C=O) groups excluding carboxylic acids is 2. The molecule has 2 rings (SSSR count). The zero-order chi connectivity index (χ0) is 16.2. The minimum absolute atomic E-state index is 0.287. The van der Waals surface area contributed by atoms with Crippen molar-refractivity contribution in [3.63, 3.8) is 0 Å². The van der Waals surface area contributed by atoms with Crippen molar-refractivity contribution >= 4 is 17.7 Å². The van der Waals surface area contributed by atoms with E-state index in [9.17, 15) is 9.59 Å². The molecule has 0 radical (unpaired) electrons. The molecule has 6 heteroatoms. The highest BCUT2D eigenvalue weighted by molar-refractivity contribution is 5.96. The van der Waals surface area contributed by atoms with Gasteiger partial charge in [-0.1, -0.05) is 0 Å². The van der Waals surface area contributed by atoms with E-state index in [2.05, 4.69) is 15.2 Å². The smallest absolute Gasteiger partial charge is 0.342 e. The van der Waals surface area contributed by atoms with Crippen molar-refractivity contribution in [1.82, 2.24) is 10.3 Å². The summed E-state index contributed by atoms with van der Waals surface area (Å²) in [4.78, 5) is 30.3. The molecule has 2 heterocycles. The van der Waals surface area contributed by atoms with Crippen LogP contribution in [0, 0.1) is 0 Å². The lowest BCUT2D eigenvalue weighted by Gasteiger charge is -2.21. The minimum atomic E-state index is -0.515. The Balaban J connectivity index is 1.99. The average molecular weight is 305 g/mol. The van der Waals surface area contributed by atoms with Crippen LogP contribution in [-0.2, 0) is 9.53 Å². The molecular formula is C16H23N3O3. The van der Waals surface area contributed by atoms with Gasteiger partial charge < -0.3 is 15.0 Å². The van der Waals surface area contributed by atoms with Crippen molar-refractivity contribution in [1.29, 1.82) is 0 Å². The molecular weight excluding hydrogens is 282 g/mol. The first-order chi connectivity index (χ1) is 10.4. The zero-order valence-corrected chi connectivity index (χ0v) is 13.4. The number of amides is 1. The van der Waals surface area contributed by atoms with E-state index in [1.165, 1.54) is 0 Å². The van der Waals surface area contributed by atoms with E-state index < -0.39 is 5.97 Å². The third-order valence-electron chi connectivity index (χ3n) is 3.26. The first-order valence-electron chi connectivity index (χ1n) is 7.55. The number of ether oxygens (including phenoxy) is 1. The molecule has 0 atom stereocenters. The summed E-state index contributed by atoms with van der Waals surface area (Å²) in [7, 11) is 0. The van der Waals surface area contributed by atoms with Crippen molar-refractivity contribution in [2.45, 2.75) is 39.2 Å². The Morgan fingerprint density at radius 2 is 2.00 bits per heavy atom. The van der Waals surface area contributed by atoms with Crippen molar-refractivity contribution < 1.29 is 14.3 Å². The highest BCUT2D eigenvalue weighted by Crippen LogP contribution is 2.22. The molecule has 1 aliphatic rings. The second kappa shape index (κ2) is 6.77. The largest absolute Gasteiger partial charge is 0.452 e. The number of hydrogen-bond donors (Lipinski definition) is 1. The molecule has 0 aliphatic carbocycles. The Morgan fingerprint density at radius 1 is 1.32 bits per heavy atom. The van der Waals surface area contributed by atoms with Gasteiger partial charge in [0.15, 0.2) is 6.61 Å². The summed E-state index contributed by atoms with van der Waals surface area (Å²) in [5.41, 5.74) is 0.0614. The summed E-state index contributed by atoms with van der Waals surface area (Å²) in [6.07, 6.45) is 3.86. The molecule has 0 unspecified atom stereocenters. The third kappa shape index (κ3) is 4.44. The normalized spacial score (nSPS) is 14.8. The van der Waals surface area contributed by atoms with E-state index in [1.807, 2.05) is 20.8 Å². The maximum Gasteiger partial charge on any atom is 0.342 e. The van der Waals surface area contributed by atoms with Crippen molar-refractivity contribution in [2.24, 2.45) is 0 Å². The van der Waals surface area contributed by atoms with Crippen LogP contribution in [-0.4, -0.2) is 42.1 Å². The van der Waals surface area contributed by atoms with Gasteiger partial charge in [-0.2, -0.15) is 0 Å². The fraction of sp³-hybridized carbons (Fsp3) is 0.562. The molecule has 22 heavy (non-hydrogen) atoms. The van der Waals surface area contributed by atoms with E-state index in [0.717, 1.165) is 25.9 Å². The molecule has 6 nitrogen and oxygen atoms in total.